The number of hydrogen-bond donors (Lipinski definition) is 2. The molecular weight excluding hydrogens is 310 g/mol. The average Bonchev–Trinajstić information content (AvgIpc) is 2.65. The molecule has 2 nitrogen and oxygen atoms in total. The molecule has 4 rings (SSSR count). The number of fused-ring (bicyclic) bond motifs is 4. The van der Waals surface area contributed by atoms with Crippen molar-refractivity contribution in [2.75, 3.05) is 0 Å². The number of halogens is 2. The number of alkyl halides is 2. The molecule has 4 atom stereocenters. The Morgan fingerprint density at radius 2 is 1.92 bits per heavy atom. The molecule has 0 amide bonds. The van der Waals surface area contributed by atoms with E-state index in [-0.39, 0.29) is 18.6 Å². The quantitative estimate of drug-likeness (QED) is 0.731. The normalized spacial score (nSPS) is 41.0. The van der Waals surface area contributed by atoms with E-state index < -0.39 is 22.9 Å². The van der Waals surface area contributed by atoms with Crippen LogP contribution >= 0.6 is 0 Å². The molecule has 0 bridgehead atoms. The summed E-state index contributed by atoms with van der Waals surface area (Å²) in [5.74, 6) is 0.140. The van der Waals surface area contributed by atoms with Crippen LogP contribution in [-0.4, -0.2) is 27.7 Å². The monoisotopic (exact) mass is 332 g/mol. The highest BCUT2D eigenvalue weighted by molar-refractivity contribution is 5.89. The molecule has 0 unspecified atom stereocenters. The molecule has 0 heterocycles. The first-order chi connectivity index (χ1) is 11.1. The summed E-state index contributed by atoms with van der Waals surface area (Å²) in [5, 5.41) is 20.2. The van der Waals surface area contributed by atoms with Gasteiger partial charge >= 0.3 is 0 Å². The molecule has 4 heteroatoms. The number of aliphatic hydroxyl groups is 1. The lowest BCUT2D eigenvalue weighted by atomic mass is 9.58. The number of aliphatic hydroxyl groups excluding tert-OH is 1. The van der Waals surface area contributed by atoms with Crippen LogP contribution in [0.5, 0.6) is 5.75 Å². The maximum absolute atomic E-state index is 16.4. The van der Waals surface area contributed by atoms with Gasteiger partial charge in [-0.15, -0.1) is 0 Å². The van der Waals surface area contributed by atoms with Gasteiger partial charge in [0, 0.05) is 11.8 Å². The second kappa shape index (κ2) is 4.48. The Balaban J connectivity index is 2.00. The fourth-order valence-electron chi connectivity index (χ4n) is 5.22. The third-order valence-corrected chi connectivity index (χ3v) is 6.59. The fourth-order valence-corrected chi connectivity index (χ4v) is 5.22. The first-order valence-corrected chi connectivity index (χ1v) is 8.42. The largest absolute Gasteiger partial charge is 0.508 e. The van der Waals surface area contributed by atoms with Crippen LogP contribution in [0.15, 0.2) is 30.4 Å². The van der Waals surface area contributed by atoms with E-state index in [1.165, 1.54) is 6.92 Å². The van der Waals surface area contributed by atoms with Crippen molar-refractivity contribution in [3.63, 3.8) is 0 Å². The second-order valence-corrected chi connectivity index (χ2v) is 7.96. The van der Waals surface area contributed by atoms with E-state index in [9.17, 15) is 10.2 Å². The zero-order valence-corrected chi connectivity index (χ0v) is 14.0. The van der Waals surface area contributed by atoms with Gasteiger partial charge in [0.05, 0.1) is 6.10 Å². The van der Waals surface area contributed by atoms with Crippen LogP contribution in [0.25, 0.3) is 11.1 Å². The minimum absolute atomic E-state index is 0.140. The topological polar surface area (TPSA) is 40.5 Å². The van der Waals surface area contributed by atoms with Crippen molar-refractivity contribution in [2.45, 2.75) is 57.0 Å². The minimum atomic E-state index is -2.20. The standard InChI is InChI=1S/C20H22F2O2/c1-11-8-16-14(13-5-4-12(23)9-15(11)13)6-7-18(2)17(24)10-19(3,21)20(16,18)22/h4-5,9,17,23-24H,1,6-8,10H2,2-3H3/t17-,18-,19+,20-/m1/s1. The van der Waals surface area contributed by atoms with E-state index in [4.69, 9.17) is 0 Å². The molecule has 3 aliphatic carbocycles. The molecule has 1 aromatic carbocycles. The van der Waals surface area contributed by atoms with Crippen molar-refractivity contribution in [3.8, 4) is 5.75 Å². The van der Waals surface area contributed by atoms with E-state index in [2.05, 4.69) is 6.58 Å². The molecule has 128 valence electrons. The molecule has 1 fully saturated rings. The maximum atomic E-state index is 16.4. The number of rotatable bonds is 0. The first kappa shape index (κ1) is 15.8. The molecular formula is C20H22F2O2. The van der Waals surface area contributed by atoms with Crippen molar-refractivity contribution in [1.29, 1.82) is 0 Å². The number of allylic oxidation sites excluding steroid dienone is 3. The SMILES string of the molecule is C=C1CC2=C(CC[C@]3(C)[C@H](O)C[C@](C)(F)[C@@]23F)c2ccc(O)cc21. The van der Waals surface area contributed by atoms with Crippen LogP contribution in [-0.2, 0) is 0 Å². The van der Waals surface area contributed by atoms with Crippen molar-refractivity contribution in [3.05, 3.63) is 41.5 Å². The van der Waals surface area contributed by atoms with Crippen LogP contribution in [0.4, 0.5) is 8.78 Å². The van der Waals surface area contributed by atoms with Crippen LogP contribution < -0.4 is 0 Å². The third kappa shape index (κ3) is 1.62. The van der Waals surface area contributed by atoms with Gasteiger partial charge in [-0.3, -0.25) is 0 Å². The minimum Gasteiger partial charge on any atom is -0.508 e. The zero-order valence-electron chi connectivity index (χ0n) is 14.0. The summed E-state index contributed by atoms with van der Waals surface area (Å²) in [6, 6.07) is 4.97. The molecule has 0 aliphatic heterocycles. The number of aromatic hydroxyl groups is 1. The molecule has 0 aromatic heterocycles. The van der Waals surface area contributed by atoms with Gasteiger partial charge in [-0.1, -0.05) is 19.6 Å². The smallest absolute Gasteiger partial charge is 0.174 e. The van der Waals surface area contributed by atoms with Gasteiger partial charge in [-0.25, -0.2) is 8.78 Å². The predicted molar refractivity (Wildman–Crippen MR) is 90.0 cm³/mol. The van der Waals surface area contributed by atoms with E-state index in [0.717, 1.165) is 16.7 Å². The molecule has 24 heavy (non-hydrogen) atoms. The van der Waals surface area contributed by atoms with Crippen LogP contribution in [0.1, 0.15) is 50.7 Å². The molecule has 0 saturated heterocycles. The lowest BCUT2D eigenvalue weighted by Crippen LogP contribution is -2.55. The van der Waals surface area contributed by atoms with Crippen LogP contribution in [0, 0.1) is 5.41 Å². The summed E-state index contributed by atoms with van der Waals surface area (Å²) in [7, 11) is 0. The van der Waals surface area contributed by atoms with Crippen molar-refractivity contribution in [1.82, 2.24) is 0 Å². The highest BCUT2D eigenvalue weighted by Gasteiger charge is 2.73. The van der Waals surface area contributed by atoms with E-state index in [0.29, 0.717) is 24.0 Å². The molecule has 0 radical (unpaired) electrons. The summed E-state index contributed by atoms with van der Waals surface area (Å²) in [4.78, 5) is 0. The summed E-state index contributed by atoms with van der Waals surface area (Å²) < 4.78 is 31.7. The van der Waals surface area contributed by atoms with Gasteiger partial charge in [-0.2, -0.15) is 0 Å². The first-order valence-electron chi connectivity index (χ1n) is 8.42. The molecule has 1 aromatic rings. The molecule has 1 saturated carbocycles. The summed E-state index contributed by atoms with van der Waals surface area (Å²) in [6.07, 6.45) is 0.0439. The van der Waals surface area contributed by atoms with Gasteiger partial charge in [0.2, 0.25) is 0 Å². The Morgan fingerprint density at radius 3 is 2.62 bits per heavy atom. The lowest BCUT2D eigenvalue weighted by Gasteiger charge is -2.50. The highest BCUT2D eigenvalue weighted by Crippen LogP contribution is 2.67. The zero-order chi connectivity index (χ0) is 17.5. The van der Waals surface area contributed by atoms with Gasteiger partial charge in [0.1, 0.15) is 11.4 Å². The van der Waals surface area contributed by atoms with Gasteiger partial charge in [0.15, 0.2) is 5.67 Å². The maximum Gasteiger partial charge on any atom is 0.174 e. The van der Waals surface area contributed by atoms with Gasteiger partial charge in [-0.05, 0) is 66.2 Å². The van der Waals surface area contributed by atoms with E-state index >= 15 is 8.78 Å². The number of hydrogen-bond acceptors (Lipinski definition) is 2. The Kier molecular flexibility index (Phi) is 2.96. The lowest BCUT2D eigenvalue weighted by molar-refractivity contribution is -0.0680. The number of phenolic OH excluding ortho intramolecular Hbond substituents is 1. The fraction of sp³-hybridized carbons (Fsp3) is 0.500. The number of benzene rings is 1. The second-order valence-electron chi connectivity index (χ2n) is 7.96. The number of phenols is 1. The predicted octanol–water partition coefficient (Wildman–Crippen LogP) is 4.56. The molecule has 0 spiro atoms. The molecule has 3 aliphatic rings. The summed E-state index contributed by atoms with van der Waals surface area (Å²) in [6.45, 7) is 6.96. The average molecular weight is 332 g/mol. The van der Waals surface area contributed by atoms with Gasteiger partial charge in [0.25, 0.3) is 0 Å². The van der Waals surface area contributed by atoms with Crippen LogP contribution in [0.2, 0.25) is 0 Å². The van der Waals surface area contributed by atoms with Crippen molar-refractivity contribution < 1.29 is 19.0 Å². The summed E-state index contributed by atoms with van der Waals surface area (Å²) >= 11 is 0. The van der Waals surface area contributed by atoms with Crippen molar-refractivity contribution in [2.24, 2.45) is 5.41 Å². The van der Waals surface area contributed by atoms with E-state index in [1.807, 2.05) is 0 Å². The highest BCUT2D eigenvalue weighted by atomic mass is 19.2. The molecule has 2 N–H and O–H groups in total. The van der Waals surface area contributed by atoms with E-state index in [1.54, 1.807) is 25.1 Å². The van der Waals surface area contributed by atoms with Crippen molar-refractivity contribution >= 4 is 11.1 Å². The third-order valence-electron chi connectivity index (χ3n) is 6.59. The Bertz CT molecular complexity index is 795. The van der Waals surface area contributed by atoms with Crippen LogP contribution in [0.3, 0.4) is 0 Å². The Hall–Kier alpha value is -1.68. The van der Waals surface area contributed by atoms with Gasteiger partial charge < -0.3 is 10.2 Å². The Labute approximate surface area is 140 Å². The summed E-state index contributed by atoms with van der Waals surface area (Å²) in [5.41, 5.74) is -1.88. The Morgan fingerprint density at radius 1 is 1.21 bits per heavy atom.